The fourth-order valence-corrected chi connectivity index (χ4v) is 3.75. The Labute approximate surface area is 137 Å². The molecule has 2 heterocycles. The summed E-state index contributed by atoms with van der Waals surface area (Å²) in [5, 5.41) is 0. The number of halogens is 2. The molecule has 1 unspecified atom stereocenters. The second-order valence-corrected chi connectivity index (χ2v) is 7.40. The minimum absolute atomic E-state index is 0.0569. The van der Waals surface area contributed by atoms with E-state index in [9.17, 15) is 4.79 Å². The predicted octanol–water partition coefficient (Wildman–Crippen LogP) is 2.49. The summed E-state index contributed by atoms with van der Waals surface area (Å²) in [5.74, 6) is -0.0687. The normalized spacial score (nSPS) is 18.1. The standard InChI is InChI=1S/C12H15Cl2N3OS2/c1-7(11(15)19)16-2-4-17(5-3-16)12(18)8-6-9(13)20-10(8)14/h6-7H,2-5H2,1H3,(H2,15,19). The molecule has 20 heavy (non-hydrogen) atoms. The molecule has 0 bridgehead atoms. The van der Waals surface area contributed by atoms with Crippen molar-refractivity contribution >= 4 is 57.7 Å². The Morgan fingerprint density at radius 1 is 1.40 bits per heavy atom. The largest absolute Gasteiger partial charge is 0.392 e. The van der Waals surface area contributed by atoms with E-state index in [4.69, 9.17) is 41.2 Å². The lowest BCUT2D eigenvalue weighted by Gasteiger charge is -2.37. The maximum Gasteiger partial charge on any atom is 0.256 e. The lowest BCUT2D eigenvalue weighted by atomic mass is 10.2. The van der Waals surface area contributed by atoms with Gasteiger partial charge in [0.25, 0.3) is 5.91 Å². The molecule has 0 radical (unpaired) electrons. The van der Waals surface area contributed by atoms with Gasteiger partial charge in [-0.3, -0.25) is 9.69 Å². The fraction of sp³-hybridized carbons (Fsp3) is 0.500. The van der Waals surface area contributed by atoms with Crippen molar-refractivity contribution in [1.82, 2.24) is 9.80 Å². The maximum absolute atomic E-state index is 12.4. The minimum atomic E-state index is -0.0687. The van der Waals surface area contributed by atoms with E-state index >= 15 is 0 Å². The highest BCUT2D eigenvalue weighted by atomic mass is 35.5. The van der Waals surface area contributed by atoms with Crippen molar-refractivity contribution < 1.29 is 4.79 Å². The molecule has 4 nitrogen and oxygen atoms in total. The van der Waals surface area contributed by atoms with Crippen molar-refractivity contribution in [2.75, 3.05) is 26.2 Å². The molecular weight excluding hydrogens is 337 g/mol. The molecule has 1 atom stereocenters. The first-order chi connectivity index (χ1) is 9.40. The van der Waals surface area contributed by atoms with Crippen molar-refractivity contribution in [3.05, 3.63) is 20.3 Å². The van der Waals surface area contributed by atoms with Crippen LogP contribution >= 0.6 is 46.8 Å². The number of rotatable bonds is 3. The van der Waals surface area contributed by atoms with Gasteiger partial charge in [0.05, 0.1) is 20.9 Å². The van der Waals surface area contributed by atoms with Crippen LogP contribution in [0.4, 0.5) is 0 Å². The maximum atomic E-state index is 12.4. The Morgan fingerprint density at radius 3 is 2.45 bits per heavy atom. The third-order valence-electron chi connectivity index (χ3n) is 3.45. The first-order valence-electron chi connectivity index (χ1n) is 6.17. The first-order valence-corrected chi connectivity index (χ1v) is 8.15. The van der Waals surface area contributed by atoms with Gasteiger partial charge in [-0.25, -0.2) is 0 Å². The average Bonchev–Trinajstić information content (AvgIpc) is 2.76. The summed E-state index contributed by atoms with van der Waals surface area (Å²) in [6, 6.07) is 1.68. The van der Waals surface area contributed by atoms with Crippen molar-refractivity contribution in [2.45, 2.75) is 13.0 Å². The Kier molecular flexibility index (Phi) is 5.25. The Balaban J connectivity index is 1.99. The lowest BCUT2D eigenvalue weighted by Crippen LogP contribution is -2.53. The average molecular weight is 352 g/mol. The van der Waals surface area contributed by atoms with Gasteiger partial charge in [0.2, 0.25) is 0 Å². The van der Waals surface area contributed by atoms with Crippen molar-refractivity contribution in [1.29, 1.82) is 0 Å². The molecular formula is C12H15Cl2N3OS2. The summed E-state index contributed by atoms with van der Waals surface area (Å²) in [5.41, 5.74) is 6.14. The molecule has 8 heteroatoms. The SMILES string of the molecule is CC(C(N)=S)N1CCN(C(=O)c2cc(Cl)sc2Cl)CC1. The number of nitrogens with two attached hydrogens (primary N) is 1. The summed E-state index contributed by atoms with van der Waals surface area (Å²) < 4.78 is 0.970. The van der Waals surface area contributed by atoms with Crippen LogP contribution in [0.3, 0.4) is 0 Å². The molecule has 0 aromatic carbocycles. The van der Waals surface area contributed by atoms with Gasteiger partial charge in [0.15, 0.2) is 0 Å². The molecule has 1 saturated heterocycles. The molecule has 1 aliphatic rings. The zero-order valence-corrected chi connectivity index (χ0v) is 14.1. The number of hydrogen-bond acceptors (Lipinski definition) is 4. The van der Waals surface area contributed by atoms with Crippen LogP contribution in [0, 0.1) is 0 Å². The monoisotopic (exact) mass is 351 g/mol. The van der Waals surface area contributed by atoms with Crippen molar-refractivity contribution in [3.8, 4) is 0 Å². The molecule has 1 amide bonds. The zero-order valence-electron chi connectivity index (χ0n) is 10.9. The Bertz CT molecular complexity index is 527. The van der Waals surface area contributed by atoms with Crippen molar-refractivity contribution in [3.63, 3.8) is 0 Å². The number of nitrogens with zero attached hydrogens (tertiary/aromatic N) is 2. The van der Waals surface area contributed by atoms with Gasteiger partial charge in [-0.15, -0.1) is 11.3 Å². The first kappa shape index (κ1) is 16.0. The summed E-state index contributed by atoms with van der Waals surface area (Å²) in [6.45, 7) is 4.75. The molecule has 0 saturated carbocycles. The van der Waals surface area contributed by atoms with Gasteiger partial charge in [0.1, 0.15) is 4.34 Å². The van der Waals surface area contributed by atoms with E-state index in [0.29, 0.717) is 32.3 Å². The number of hydrogen-bond donors (Lipinski definition) is 1. The highest BCUT2D eigenvalue weighted by molar-refractivity contribution is 7.80. The van der Waals surface area contributed by atoms with E-state index in [0.717, 1.165) is 13.1 Å². The number of thiophene rings is 1. The van der Waals surface area contributed by atoms with Crippen LogP contribution in [-0.2, 0) is 0 Å². The molecule has 1 aromatic rings. The fourth-order valence-electron chi connectivity index (χ4n) is 2.15. The molecule has 110 valence electrons. The van der Waals surface area contributed by atoms with Crippen LogP contribution in [0.5, 0.6) is 0 Å². The van der Waals surface area contributed by atoms with Gasteiger partial charge in [0, 0.05) is 26.2 Å². The van der Waals surface area contributed by atoms with E-state index in [1.165, 1.54) is 11.3 Å². The Hall–Kier alpha value is -0.400. The van der Waals surface area contributed by atoms with E-state index < -0.39 is 0 Å². The third-order valence-corrected chi connectivity index (χ3v) is 5.28. The molecule has 2 N–H and O–H groups in total. The molecule has 1 aromatic heterocycles. The highest BCUT2D eigenvalue weighted by Gasteiger charge is 2.27. The summed E-state index contributed by atoms with van der Waals surface area (Å²) in [4.78, 5) is 16.8. The van der Waals surface area contributed by atoms with Crippen LogP contribution in [0.1, 0.15) is 17.3 Å². The van der Waals surface area contributed by atoms with Crippen LogP contribution in [0.25, 0.3) is 0 Å². The molecule has 1 aliphatic heterocycles. The van der Waals surface area contributed by atoms with E-state index in [-0.39, 0.29) is 11.9 Å². The number of amides is 1. The van der Waals surface area contributed by atoms with E-state index in [2.05, 4.69) is 4.90 Å². The van der Waals surface area contributed by atoms with E-state index in [1.54, 1.807) is 11.0 Å². The van der Waals surface area contributed by atoms with Crippen LogP contribution in [0.2, 0.25) is 8.67 Å². The number of piperazine rings is 1. The number of carbonyl (C=O) groups is 1. The van der Waals surface area contributed by atoms with Crippen LogP contribution < -0.4 is 5.73 Å². The molecule has 0 spiro atoms. The summed E-state index contributed by atoms with van der Waals surface area (Å²) >= 11 is 18.1. The molecule has 1 fully saturated rings. The highest BCUT2D eigenvalue weighted by Crippen LogP contribution is 2.32. The van der Waals surface area contributed by atoms with Crippen molar-refractivity contribution in [2.24, 2.45) is 5.73 Å². The summed E-state index contributed by atoms with van der Waals surface area (Å²) in [7, 11) is 0. The minimum Gasteiger partial charge on any atom is -0.392 e. The van der Waals surface area contributed by atoms with Crippen LogP contribution in [0.15, 0.2) is 6.07 Å². The van der Waals surface area contributed by atoms with Crippen LogP contribution in [-0.4, -0.2) is 52.9 Å². The zero-order chi connectivity index (χ0) is 14.9. The van der Waals surface area contributed by atoms with Gasteiger partial charge in [-0.2, -0.15) is 0 Å². The quantitative estimate of drug-likeness (QED) is 0.850. The van der Waals surface area contributed by atoms with Gasteiger partial charge in [-0.1, -0.05) is 35.4 Å². The van der Waals surface area contributed by atoms with Gasteiger partial charge < -0.3 is 10.6 Å². The number of carbonyl (C=O) groups excluding carboxylic acids is 1. The smallest absolute Gasteiger partial charge is 0.256 e. The lowest BCUT2D eigenvalue weighted by molar-refractivity contribution is 0.0622. The van der Waals surface area contributed by atoms with Gasteiger partial charge in [-0.05, 0) is 13.0 Å². The summed E-state index contributed by atoms with van der Waals surface area (Å²) in [6.07, 6.45) is 0. The van der Waals surface area contributed by atoms with E-state index in [1.807, 2.05) is 6.92 Å². The predicted molar refractivity (Wildman–Crippen MR) is 88.1 cm³/mol. The third kappa shape index (κ3) is 3.43. The molecule has 0 aliphatic carbocycles. The Morgan fingerprint density at radius 2 is 2.00 bits per heavy atom. The molecule has 2 rings (SSSR count). The number of thiocarbonyl (C=S) groups is 1. The topological polar surface area (TPSA) is 49.6 Å². The second kappa shape index (κ2) is 6.58. The second-order valence-electron chi connectivity index (χ2n) is 4.64. The van der Waals surface area contributed by atoms with Gasteiger partial charge >= 0.3 is 0 Å².